The fourth-order valence-electron chi connectivity index (χ4n) is 1.41. The molecule has 8 heteroatoms. The van der Waals surface area contributed by atoms with Crippen molar-refractivity contribution >= 4 is 18.3 Å². The van der Waals surface area contributed by atoms with E-state index in [4.69, 9.17) is 9.84 Å². The Morgan fingerprint density at radius 1 is 1.50 bits per heavy atom. The lowest BCUT2D eigenvalue weighted by Crippen LogP contribution is -2.34. The van der Waals surface area contributed by atoms with Crippen molar-refractivity contribution < 1.29 is 24.2 Å². The van der Waals surface area contributed by atoms with Crippen LogP contribution in [-0.4, -0.2) is 45.4 Å². The predicted octanol–water partition coefficient (Wildman–Crippen LogP) is 0.918. The zero-order valence-electron chi connectivity index (χ0n) is 11.5. The van der Waals surface area contributed by atoms with Crippen molar-refractivity contribution in [3.8, 4) is 0 Å². The van der Waals surface area contributed by atoms with Crippen molar-refractivity contribution in [2.75, 3.05) is 6.54 Å². The van der Waals surface area contributed by atoms with Gasteiger partial charge in [-0.3, -0.25) is 9.48 Å². The Labute approximate surface area is 115 Å². The predicted molar refractivity (Wildman–Crippen MR) is 68.8 cm³/mol. The van der Waals surface area contributed by atoms with E-state index in [1.807, 2.05) is 0 Å². The SMILES string of the molecule is CC(C)(C)OC(=O)NCCn1nc(C=O)cc1C(=O)O. The van der Waals surface area contributed by atoms with Gasteiger partial charge < -0.3 is 15.2 Å². The van der Waals surface area contributed by atoms with Gasteiger partial charge >= 0.3 is 12.1 Å². The molecule has 1 amide bonds. The summed E-state index contributed by atoms with van der Waals surface area (Å²) in [6, 6.07) is 1.17. The van der Waals surface area contributed by atoms with Crippen LogP contribution in [0.15, 0.2) is 6.07 Å². The highest BCUT2D eigenvalue weighted by Crippen LogP contribution is 2.06. The fraction of sp³-hybridized carbons (Fsp3) is 0.500. The molecule has 20 heavy (non-hydrogen) atoms. The number of aromatic carboxylic acids is 1. The number of rotatable bonds is 5. The van der Waals surface area contributed by atoms with Crippen LogP contribution < -0.4 is 5.32 Å². The second-order valence-corrected chi connectivity index (χ2v) is 5.03. The molecule has 0 saturated heterocycles. The molecule has 0 aliphatic carbocycles. The van der Waals surface area contributed by atoms with Crippen LogP contribution in [0.1, 0.15) is 41.7 Å². The first-order chi connectivity index (χ1) is 9.23. The van der Waals surface area contributed by atoms with E-state index in [-0.39, 0.29) is 24.5 Å². The molecule has 0 radical (unpaired) electrons. The van der Waals surface area contributed by atoms with Gasteiger partial charge in [-0.25, -0.2) is 9.59 Å². The van der Waals surface area contributed by atoms with E-state index in [0.717, 1.165) is 4.68 Å². The zero-order chi connectivity index (χ0) is 15.3. The summed E-state index contributed by atoms with van der Waals surface area (Å²) in [4.78, 5) is 32.9. The summed E-state index contributed by atoms with van der Waals surface area (Å²) in [5, 5.41) is 15.2. The van der Waals surface area contributed by atoms with Crippen molar-refractivity contribution in [2.24, 2.45) is 0 Å². The Kier molecular flexibility index (Phi) is 4.84. The molecule has 0 aliphatic rings. The Balaban J connectivity index is 2.58. The van der Waals surface area contributed by atoms with Crippen LogP contribution >= 0.6 is 0 Å². The minimum Gasteiger partial charge on any atom is -0.477 e. The lowest BCUT2D eigenvalue weighted by Gasteiger charge is -2.19. The molecule has 8 nitrogen and oxygen atoms in total. The summed E-state index contributed by atoms with van der Waals surface area (Å²) >= 11 is 0. The molecule has 0 bridgehead atoms. The molecule has 1 heterocycles. The summed E-state index contributed by atoms with van der Waals surface area (Å²) in [7, 11) is 0. The van der Waals surface area contributed by atoms with Crippen LogP contribution in [0.3, 0.4) is 0 Å². The zero-order valence-corrected chi connectivity index (χ0v) is 11.5. The average molecular weight is 283 g/mol. The molecule has 0 unspecified atom stereocenters. The summed E-state index contributed by atoms with van der Waals surface area (Å²) < 4.78 is 6.17. The molecule has 0 atom stereocenters. The quantitative estimate of drug-likeness (QED) is 0.777. The monoisotopic (exact) mass is 283 g/mol. The summed E-state index contributed by atoms with van der Waals surface area (Å²) in [6.07, 6.45) is -0.137. The van der Waals surface area contributed by atoms with Crippen LogP contribution in [0.25, 0.3) is 0 Å². The molecular weight excluding hydrogens is 266 g/mol. The highest BCUT2D eigenvalue weighted by molar-refractivity contribution is 5.88. The lowest BCUT2D eigenvalue weighted by molar-refractivity contribution is 0.0525. The minimum atomic E-state index is -1.19. The largest absolute Gasteiger partial charge is 0.477 e. The van der Waals surface area contributed by atoms with Gasteiger partial charge in [0.1, 0.15) is 17.0 Å². The number of alkyl carbamates (subject to hydrolysis) is 1. The van der Waals surface area contributed by atoms with E-state index in [1.165, 1.54) is 6.07 Å². The van der Waals surface area contributed by atoms with Gasteiger partial charge in [0.2, 0.25) is 0 Å². The maximum absolute atomic E-state index is 11.4. The normalized spacial score (nSPS) is 10.9. The molecule has 1 rings (SSSR count). The molecule has 110 valence electrons. The van der Waals surface area contributed by atoms with E-state index in [2.05, 4.69) is 10.4 Å². The molecule has 2 N–H and O–H groups in total. The highest BCUT2D eigenvalue weighted by Gasteiger charge is 2.17. The van der Waals surface area contributed by atoms with Crippen LogP contribution in [0.2, 0.25) is 0 Å². The smallest absolute Gasteiger partial charge is 0.407 e. The van der Waals surface area contributed by atoms with E-state index in [0.29, 0.717) is 6.29 Å². The molecule has 1 aromatic heterocycles. The molecule has 0 saturated carbocycles. The molecule has 0 fully saturated rings. The third-order valence-corrected chi connectivity index (χ3v) is 2.13. The van der Waals surface area contributed by atoms with Crippen LogP contribution in [-0.2, 0) is 11.3 Å². The van der Waals surface area contributed by atoms with Gasteiger partial charge in [-0.1, -0.05) is 0 Å². The number of aldehydes is 1. The molecule has 0 aromatic carbocycles. The van der Waals surface area contributed by atoms with E-state index < -0.39 is 17.7 Å². The lowest BCUT2D eigenvalue weighted by atomic mass is 10.2. The maximum atomic E-state index is 11.4. The Morgan fingerprint density at radius 2 is 2.15 bits per heavy atom. The topological polar surface area (TPSA) is 111 Å². The number of ether oxygens (including phenoxy) is 1. The number of carbonyl (C=O) groups is 3. The van der Waals surface area contributed by atoms with Crippen LogP contribution in [0.5, 0.6) is 0 Å². The van der Waals surface area contributed by atoms with Gasteiger partial charge in [0, 0.05) is 12.6 Å². The molecule has 0 spiro atoms. The number of aromatic nitrogens is 2. The number of hydrogen-bond acceptors (Lipinski definition) is 5. The number of nitrogens with one attached hydrogen (secondary N) is 1. The number of hydrogen-bond donors (Lipinski definition) is 2. The summed E-state index contributed by atoms with van der Waals surface area (Å²) in [5.74, 6) is -1.19. The second-order valence-electron chi connectivity index (χ2n) is 5.03. The number of nitrogens with zero attached hydrogens (tertiary/aromatic N) is 2. The average Bonchev–Trinajstić information content (AvgIpc) is 2.70. The van der Waals surface area contributed by atoms with Crippen molar-refractivity contribution in [3.63, 3.8) is 0 Å². The molecular formula is C12H17N3O5. The Bertz CT molecular complexity index is 516. The molecule has 0 aliphatic heterocycles. The minimum absolute atomic E-state index is 0.0275. The van der Waals surface area contributed by atoms with E-state index in [9.17, 15) is 14.4 Å². The van der Waals surface area contributed by atoms with Crippen molar-refractivity contribution in [3.05, 3.63) is 17.5 Å². The number of amides is 1. The van der Waals surface area contributed by atoms with Gasteiger partial charge in [-0.05, 0) is 20.8 Å². The highest BCUT2D eigenvalue weighted by atomic mass is 16.6. The summed E-state index contributed by atoms with van der Waals surface area (Å²) in [5.41, 5.74) is -0.690. The number of carboxylic acids is 1. The van der Waals surface area contributed by atoms with Gasteiger partial charge in [-0.2, -0.15) is 5.10 Å². The van der Waals surface area contributed by atoms with E-state index >= 15 is 0 Å². The summed E-state index contributed by atoms with van der Waals surface area (Å²) in [6.45, 7) is 5.46. The van der Waals surface area contributed by atoms with Crippen molar-refractivity contribution in [1.82, 2.24) is 15.1 Å². The third kappa shape index (κ3) is 4.71. The Hall–Kier alpha value is -2.38. The van der Waals surface area contributed by atoms with Crippen LogP contribution in [0, 0.1) is 0 Å². The van der Waals surface area contributed by atoms with E-state index in [1.54, 1.807) is 20.8 Å². The fourth-order valence-corrected chi connectivity index (χ4v) is 1.41. The third-order valence-electron chi connectivity index (χ3n) is 2.13. The van der Waals surface area contributed by atoms with Gasteiger partial charge in [0.15, 0.2) is 6.29 Å². The second kappa shape index (κ2) is 6.18. The first kappa shape index (κ1) is 15.7. The first-order valence-corrected chi connectivity index (χ1v) is 5.96. The molecule has 1 aromatic rings. The van der Waals surface area contributed by atoms with Crippen LogP contribution in [0.4, 0.5) is 4.79 Å². The van der Waals surface area contributed by atoms with Crippen molar-refractivity contribution in [1.29, 1.82) is 0 Å². The van der Waals surface area contributed by atoms with Gasteiger partial charge in [0.25, 0.3) is 0 Å². The van der Waals surface area contributed by atoms with Gasteiger partial charge in [0.05, 0.1) is 6.54 Å². The first-order valence-electron chi connectivity index (χ1n) is 5.96. The standard InChI is InChI=1S/C12H17N3O5/c1-12(2,3)20-11(19)13-4-5-15-9(10(17)18)6-8(7-16)14-15/h6-7H,4-5H2,1-3H3,(H,13,19)(H,17,18). The number of carbonyl (C=O) groups excluding carboxylic acids is 2. The van der Waals surface area contributed by atoms with Crippen molar-refractivity contribution in [2.45, 2.75) is 32.9 Å². The van der Waals surface area contributed by atoms with Gasteiger partial charge in [-0.15, -0.1) is 0 Å². The number of carboxylic acid groups (broad SMARTS) is 1. The Morgan fingerprint density at radius 3 is 2.65 bits per heavy atom. The maximum Gasteiger partial charge on any atom is 0.407 e.